The molecule has 0 aromatic heterocycles. The number of amides is 2. The Balaban J connectivity index is 1.53. The second-order valence-corrected chi connectivity index (χ2v) is 7.03. The summed E-state index contributed by atoms with van der Waals surface area (Å²) in [7, 11) is 1.65. The monoisotopic (exact) mass is 346 g/mol. The topological polar surface area (TPSA) is 59.1 Å². The van der Waals surface area contributed by atoms with Gasteiger partial charge < -0.3 is 14.4 Å². The predicted molar refractivity (Wildman–Crippen MR) is 93.5 cm³/mol. The molecule has 0 spiro atoms. The molecule has 2 aliphatic rings. The van der Waals surface area contributed by atoms with E-state index in [1.54, 1.807) is 12.0 Å². The molecule has 2 aliphatic heterocycles. The molecule has 1 aromatic carbocycles. The molecular formula is C19H26N2O4. The number of ether oxygens (including phenoxy) is 2. The highest BCUT2D eigenvalue weighted by molar-refractivity contribution is 5.79. The molecule has 0 N–H and O–H groups in total. The minimum absolute atomic E-state index is 0.00827. The third-order valence-electron chi connectivity index (χ3n) is 4.95. The van der Waals surface area contributed by atoms with Gasteiger partial charge in [-0.1, -0.05) is 26.0 Å². The van der Waals surface area contributed by atoms with Crippen LogP contribution in [0.3, 0.4) is 0 Å². The molecule has 2 saturated heterocycles. The molecular weight excluding hydrogens is 320 g/mol. The van der Waals surface area contributed by atoms with Gasteiger partial charge in [0.15, 0.2) is 0 Å². The van der Waals surface area contributed by atoms with Crippen LogP contribution in [0.15, 0.2) is 24.3 Å². The zero-order valence-corrected chi connectivity index (χ0v) is 15.1. The maximum Gasteiger partial charge on any atom is 0.410 e. The van der Waals surface area contributed by atoms with Crippen molar-refractivity contribution >= 4 is 12.0 Å². The van der Waals surface area contributed by atoms with Crippen molar-refractivity contribution in [3.63, 3.8) is 0 Å². The number of nitrogens with zero attached hydrogens (tertiary/aromatic N) is 2. The van der Waals surface area contributed by atoms with Crippen LogP contribution in [-0.4, -0.2) is 60.7 Å². The summed E-state index contributed by atoms with van der Waals surface area (Å²) in [5.41, 5.74) is 1.22. The third-order valence-corrected chi connectivity index (χ3v) is 4.95. The lowest BCUT2D eigenvalue weighted by Crippen LogP contribution is -2.40. The van der Waals surface area contributed by atoms with Crippen LogP contribution in [0.25, 0.3) is 0 Å². The average molecular weight is 346 g/mol. The second kappa shape index (κ2) is 7.33. The molecule has 0 aliphatic carbocycles. The van der Waals surface area contributed by atoms with Crippen molar-refractivity contribution in [1.29, 1.82) is 0 Å². The average Bonchev–Trinajstić information content (AvgIpc) is 3.13. The van der Waals surface area contributed by atoms with Gasteiger partial charge >= 0.3 is 6.09 Å². The molecule has 1 aromatic rings. The van der Waals surface area contributed by atoms with Crippen LogP contribution < -0.4 is 4.74 Å². The first-order chi connectivity index (χ1) is 12.0. The normalized spacial score (nSPS) is 22.3. The van der Waals surface area contributed by atoms with Crippen molar-refractivity contribution in [1.82, 2.24) is 9.80 Å². The number of hydrogen-bond donors (Lipinski definition) is 0. The minimum Gasteiger partial charge on any atom is -0.497 e. The van der Waals surface area contributed by atoms with Crippen molar-refractivity contribution in [2.24, 2.45) is 5.92 Å². The number of carbonyl (C=O) groups is 2. The van der Waals surface area contributed by atoms with Crippen LogP contribution in [0, 0.1) is 5.92 Å². The number of benzene rings is 1. The van der Waals surface area contributed by atoms with Crippen LogP contribution in [0.1, 0.15) is 25.8 Å². The largest absolute Gasteiger partial charge is 0.497 e. The van der Waals surface area contributed by atoms with Gasteiger partial charge in [0.05, 0.1) is 19.7 Å². The molecule has 25 heavy (non-hydrogen) atoms. The van der Waals surface area contributed by atoms with Gasteiger partial charge in [0.25, 0.3) is 0 Å². The van der Waals surface area contributed by atoms with E-state index in [9.17, 15) is 9.59 Å². The third kappa shape index (κ3) is 3.72. The first-order valence-corrected chi connectivity index (χ1v) is 8.88. The van der Waals surface area contributed by atoms with Gasteiger partial charge in [0.1, 0.15) is 11.9 Å². The summed E-state index contributed by atoms with van der Waals surface area (Å²) in [6, 6.07) is 7.97. The zero-order valence-electron chi connectivity index (χ0n) is 15.1. The summed E-state index contributed by atoms with van der Waals surface area (Å²) >= 11 is 0. The van der Waals surface area contributed by atoms with E-state index in [1.807, 2.05) is 43.0 Å². The van der Waals surface area contributed by atoms with E-state index >= 15 is 0 Å². The van der Waals surface area contributed by atoms with Crippen molar-refractivity contribution < 1.29 is 19.1 Å². The van der Waals surface area contributed by atoms with Crippen molar-refractivity contribution in [3.8, 4) is 5.75 Å². The quantitative estimate of drug-likeness (QED) is 0.793. The van der Waals surface area contributed by atoms with Gasteiger partial charge in [-0.15, -0.1) is 0 Å². The van der Waals surface area contributed by atoms with Crippen LogP contribution in [-0.2, 0) is 16.0 Å². The maximum absolute atomic E-state index is 12.2. The molecule has 2 fully saturated rings. The van der Waals surface area contributed by atoms with Crippen LogP contribution >= 0.6 is 0 Å². The van der Waals surface area contributed by atoms with Crippen LogP contribution in [0.5, 0.6) is 5.75 Å². The van der Waals surface area contributed by atoms with Gasteiger partial charge in [-0.3, -0.25) is 9.69 Å². The SMILES string of the molecule is COc1ccc(CCCN2C(=O)O[C@H]3CN(C(=O)C(C)C)C[C@H]32)cc1. The van der Waals surface area contributed by atoms with E-state index in [-0.39, 0.29) is 30.1 Å². The molecule has 2 heterocycles. The smallest absolute Gasteiger partial charge is 0.410 e. The summed E-state index contributed by atoms with van der Waals surface area (Å²) in [6.07, 6.45) is 1.32. The number of likely N-dealkylation sites (tertiary alicyclic amines) is 1. The number of aryl methyl sites for hydroxylation is 1. The number of fused-ring (bicyclic) bond motifs is 1. The first-order valence-electron chi connectivity index (χ1n) is 8.88. The Bertz CT molecular complexity index is 629. The fourth-order valence-corrected chi connectivity index (χ4v) is 3.55. The van der Waals surface area contributed by atoms with Gasteiger partial charge in [0.2, 0.25) is 5.91 Å². The van der Waals surface area contributed by atoms with Gasteiger partial charge in [-0.05, 0) is 30.5 Å². The highest BCUT2D eigenvalue weighted by Crippen LogP contribution is 2.28. The minimum atomic E-state index is -0.249. The van der Waals surface area contributed by atoms with E-state index in [0.29, 0.717) is 19.6 Å². The fraction of sp³-hybridized carbons (Fsp3) is 0.579. The van der Waals surface area contributed by atoms with Gasteiger partial charge in [-0.25, -0.2) is 4.79 Å². The molecule has 6 nitrogen and oxygen atoms in total. The maximum atomic E-state index is 12.2. The first kappa shape index (κ1) is 17.6. The van der Waals surface area contributed by atoms with E-state index in [1.165, 1.54) is 5.56 Å². The summed E-state index contributed by atoms with van der Waals surface area (Å²) < 4.78 is 10.6. The number of methoxy groups -OCH3 is 1. The van der Waals surface area contributed by atoms with Gasteiger partial charge in [0, 0.05) is 19.0 Å². The lowest BCUT2D eigenvalue weighted by molar-refractivity contribution is -0.134. The summed E-state index contributed by atoms with van der Waals surface area (Å²) in [6.45, 7) is 5.54. The molecule has 136 valence electrons. The number of rotatable bonds is 6. The lowest BCUT2D eigenvalue weighted by Gasteiger charge is -2.23. The second-order valence-electron chi connectivity index (χ2n) is 7.03. The Morgan fingerprint density at radius 3 is 2.64 bits per heavy atom. The Morgan fingerprint density at radius 1 is 1.28 bits per heavy atom. The number of carbonyl (C=O) groups excluding carboxylic acids is 2. The van der Waals surface area contributed by atoms with E-state index in [2.05, 4.69) is 0 Å². The van der Waals surface area contributed by atoms with Gasteiger partial charge in [-0.2, -0.15) is 0 Å². The summed E-state index contributed by atoms with van der Waals surface area (Å²) in [4.78, 5) is 27.9. The Morgan fingerprint density at radius 2 is 2.00 bits per heavy atom. The molecule has 2 amide bonds. The Kier molecular flexibility index (Phi) is 5.16. The molecule has 6 heteroatoms. The van der Waals surface area contributed by atoms with Crippen LogP contribution in [0.4, 0.5) is 4.79 Å². The zero-order chi connectivity index (χ0) is 18.0. The summed E-state index contributed by atoms with van der Waals surface area (Å²) in [5.74, 6) is 0.942. The Hall–Kier alpha value is -2.24. The Labute approximate surface area is 148 Å². The highest BCUT2D eigenvalue weighted by Gasteiger charge is 2.48. The molecule has 0 saturated carbocycles. The molecule has 0 unspecified atom stereocenters. The van der Waals surface area contributed by atoms with E-state index in [0.717, 1.165) is 18.6 Å². The highest BCUT2D eigenvalue weighted by atomic mass is 16.6. The van der Waals surface area contributed by atoms with Crippen molar-refractivity contribution in [2.45, 2.75) is 38.8 Å². The van der Waals surface area contributed by atoms with E-state index in [4.69, 9.17) is 9.47 Å². The van der Waals surface area contributed by atoms with E-state index < -0.39 is 0 Å². The van der Waals surface area contributed by atoms with Crippen LogP contribution in [0.2, 0.25) is 0 Å². The van der Waals surface area contributed by atoms with Crippen molar-refractivity contribution in [2.75, 3.05) is 26.7 Å². The fourth-order valence-electron chi connectivity index (χ4n) is 3.55. The number of hydrogen-bond acceptors (Lipinski definition) is 4. The summed E-state index contributed by atoms with van der Waals surface area (Å²) in [5, 5.41) is 0. The standard InChI is InChI=1S/C19H26N2O4/c1-13(2)18(22)20-11-16-17(12-20)25-19(23)21(16)10-4-5-14-6-8-15(24-3)9-7-14/h6-9,13,16-17H,4-5,10-12H2,1-3H3/t16-,17+/m1/s1. The predicted octanol–water partition coefficient (Wildman–Crippen LogP) is 2.32. The molecule has 0 radical (unpaired) electrons. The molecule has 3 rings (SSSR count). The lowest BCUT2D eigenvalue weighted by atomic mass is 10.1. The van der Waals surface area contributed by atoms with Crippen molar-refractivity contribution in [3.05, 3.63) is 29.8 Å². The molecule has 0 bridgehead atoms. The molecule has 2 atom stereocenters.